The van der Waals surface area contributed by atoms with E-state index in [-0.39, 0.29) is 6.61 Å². The second kappa shape index (κ2) is 5.63. The van der Waals surface area contributed by atoms with Crippen LogP contribution in [0.15, 0.2) is 24.3 Å². The topological polar surface area (TPSA) is 66.8 Å². The van der Waals surface area contributed by atoms with Crippen LogP contribution in [0.2, 0.25) is 0 Å². The summed E-state index contributed by atoms with van der Waals surface area (Å²) in [5.74, 6) is -0.660. The highest BCUT2D eigenvalue weighted by Crippen LogP contribution is 2.18. The summed E-state index contributed by atoms with van der Waals surface area (Å²) in [5.41, 5.74) is 1.20. The minimum absolute atomic E-state index is 0.238. The van der Waals surface area contributed by atoms with Gasteiger partial charge in [-0.2, -0.15) is 0 Å². The second-order valence-corrected chi connectivity index (χ2v) is 3.50. The van der Waals surface area contributed by atoms with Crippen molar-refractivity contribution in [2.45, 2.75) is 26.1 Å². The lowest BCUT2D eigenvalue weighted by Gasteiger charge is -2.11. The van der Waals surface area contributed by atoms with E-state index in [9.17, 15) is 15.0 Å². The maximum atomic E-state index is 11.2. The van der Waals surface area contributed by atoms with Crippen molar-refractivity contribution in [3.63, 3.8) is 0 Å². The Balaban J connectivity index is 2.77. The highest BCUT2D eigenvalue weighted by molar-refractivity contribution is 5.76. The van der Waals surface area contributed by atoms with Gasteiger partial charge in [-0.15, -0.1) is 0 Å². The van der Waals surface area contributed by atoms with E-state index in [1.54, 1.807) is 38.1 Å². The molecule has 0 heterocycles. The molecule has 0 aliphatic rings. The van der Waals surface area contributed by atoms with Gasteiger partial charge in [-0.3, -0.25) is 0 Å². The summed E-state index contributed by atoms with van der Waals surface area (Å²) < 4.78 is 4.70. The van der Waals surface area contributed by atoms with E-state index in [4.69, 9.17) is 4.74 Å². The van der Waals surface area contributed by atoms with Crippen molar-refractivity contribution in [2.24, 2.45) is 0 Å². The Labute approximate surface area is 94.5 Å². The molecule has 0 aliphatic heterocycles. The van der Waals surface area contributed by atoms with Crippen LogP contribution in [-0.2, 0) is 9.53 Å². The zero-order chi connectivity index (χ0) is 12.1. The summed E-state index contributed by atoms with van der Waals surface area (Å²) in [6.45, 7) is 3.57. The Morgan fingerprint density at radius 1 is 1.25 bits per heavy atom. The van der Waals surface area contributed by atoms with Crippen LogP contribution in [0.25, 0.3) is 0 Å². The molecule has 4 heteroatoms. The normalized spacial score (nSPS) is 14.2. The molecule has 0 aliphatic carbocycles. The van der Waals surface area contributed by atoms with E-state index < -0.39 is 18.2 Å². The Hall–Kier alpha value is -1.39. The number of aliphatic hydroxyl groups excluding tert-OH is 2. The largest absolute Gasteiger partial charge is 0.464 e. The summed E-state index contributed by atoms with van der Waals surface area (Å²) in [5, 5.41) is 18.9. The lowest BCUT2D eigenvalue weighted by Crippen LogP contribution is -2.15. The highest BCUT2D eigenvalue weighted by Gasteiger charge is 2.18. The molecule has 88 valence electrons. The number of aliphatic hydroxyl groups is 2. The van der Waals surface area contributed by atoms with E-state index in [1.807, 2.05) is 0 Å². The summed E-state index contributed by atoms with van der Waals surface area (Å²) >= 11 is 0. The van der Waals surface area contributed by atoms with E-state index in [1.165, 1.54) is 0 Å². The molecule has 1 aromatic carbocycles. The predicted molar refractivity (Wildman–Crippen MR) is 58.7 cm³/mol. The number of hydrogen-bond acceptors (Lipinski definition) is 4. The van der Waals surface area contributed by atoms with Gasteiger partial charge in [-0.25, -0.2) is 4.79 Å². The Morgan fingerprint density at radius 3 is 2.19 bits per heavy atom. The van der Waals surface area contributed by atoms with E-state index in [0.717, 1.165) is 5.56 Å². The van der Waals surface area contributed by atoms with E-state index in [0.29, 0.717) is 5.56 Å². The molecule has 2 unspecified atom stereocenters. The Bertz CT molecular complexity index is 343. The van der Waals surface area contributed by atoms with Gasteiger partial charge < -0.3 is 14.9 Å². The number of carbonyl (C=O) groups excluding carboxylic acids is 1. The van der Waals surface area contributed by atoms with Crippen LogP contribution in [-0.4, -0.2) is 22.8 Å². The van der Waals surface area contributed by atoms with Gasteiger partial charge in [0.05, 0.1) is 12.7 Å². The molecule has 0 bridgehead atoms. The van der Waals surface area contributed by atoms with Gasteiger partial charge in [-0.05, 0) is 25.0 Å². The first-order valence-corrected chi connectivity index (χ1v) is 5.19. The third-order valence-electron chi connectivity index (χ3n) is 2.24. The minimum Gasteiger partial charge on any atom is -0.464 e. The molecule has 4 nitrogen and oxygen atoms in total. The van der Waals surface area contributed by atoms with Gasteiger partial charge >= 0.3 is 5.97 Å². The molecule has 0 amide bonds. The first-order valence-electron chi connectivity index (χ1n) is 5.19. The fraction of sp³-hybridized carbons (Fsp3) is 0.417. The second-order valence-electron chi connectivity index (χ2n) is 3.50. The van der Waals surface area contributed by atoms with Crippen LogP contribution >= 0.6 is 0 Å². The molecule has 0 saturated heterocycles. The van der Waals surface area contributed by atoms with Crippen LogP contribution in [0.4, 0.5) is 0 Å². The molecular formula is C12H16O4. The first-order chi connectivity index (χ1) is 7.56. The zero-order valence-electron chi connectivity index (χ0n) is 9.38. The molecule has 0 fully saturated rings. The van der Waals surface area contributed by atoms with Crippen molar-refractivity contribution >= 4 is 5.97 Å². The van der Waals surface area contributed by atoms with Crippen molar-refractivity contribution in [2.75, 3.05) is 6.61 Å². The maximum absolute atomic E-state index is 11.2. The molecule has 16 heavy (non-hydrogen) atoms. The molecule has 1 aromatic rings. The number of esters is 1. The smallest absolute Gasteiger partial charge is 0.339 e. The number of rotatable bonds is 4. The molecule has 1 rings (SSSR count). The minimum atomic E-state index is -1.26. The Kier molecular flexibility index (Phi) is 4.46. The lowest BCUT2D eigenvalue weighted by atomic mass is 10.0. The molecular weight excluding hydrogens is 208 g/mol. The highest BCUT2D eigenvalue weighted by atomic mass is 16.5. The van der Waals surface area contributed by atoms with Crippen LogP contribution < -0.4 is 0 Å². The summed E-state index contributed by atoms with van der Waals surface area (Å²) in [6.07, 6.45) is -1.82. The van der Waals surface area contributed by atoms with Crippen LogP contribution in [0, 0.1) is 0 Å². The first kappa shape index (κ1) is 12.7. The van der Waals surface area contributed by atoms with E-state index in [2.05, 4.69) is 0 Å². The number of hydrogen-bond donors (Lipinski definition) is 2. The lowest BCUT2D eigenvalue weighted by molar-refractivity contribution is -0.153. The fourth-order valence-electron chi connectivity index (χ4n) is 1.31. The average molecular weight is 224 g/mol. The zero-order valence-corrected chi connectivity index (χ0v) is 9.38. The summed E-state index contributed by atoms with van der Waals surface area (Å²) in [4.78, 5) is 11.2. The molecule has 0 saturated carbocycles. The van der Waals surface area contributed by atoms with Crippen molar-refractivity contribution in [3.8, 4) is 0 Å². The number of ether oxygens (including phenoxy) is 1. The SMILES string of the molecule is CCOC(=O)C(O)c1ccc(C(C)O)cc1. The summed E-state index contributed by atoms with van der Waals surface area (Å²) in [6, 6.07) is 6.54. The van der Waals surface area contributed by atoms with Gasteiger partial charge in [-0.1, -0.05) is 24.3 Å². The van der Waals surface area contributed by atoms with E-state index >= 15 is 0 Å². The molecule has 0 radical (unpaired) electrons. The maximum Gasteiger partial charge on any atom is 0.339 e. The predicted octanol–water partition coefficient (Wildman–Crippen LogP) is 1.34. The van der Waals surface area contributed by atoms with Gasteiger partial charge in [0.1, 0.15) is 0 Å². The Morgan fingerprint density at radius 2 is 1.75 bits per heavy atom. The molecule has 2 N–H and O–H groups in total. The van der Waals surface area contributed by atoms with Gasteiger partial charge in [0.15, 0.2) is 6.10 Å². The van der Waals surface area contributed by atoms with Crippen LogP contribution in [0.5, 0.6) is 0 Å². The monoisotopic (exact) mass is 224 g/mol. The van der Waals surface area contributed by atoms with Crippen LogP contribution in [0.3, 0.4) is 0 Å². The summed E-state index contributed by atoms with van der Waals surface area (Å²) in [7, 11) is 0. The van der Waals surface area contributed by atoms with Crippen LogP contribution in [0.1, 0.15) is 37.2 Å². The number of carbonyl (C=O) groups is 1. The van der Waals surface area contributed by atoms with Crippen molar-refractivity contribution < 1.29 is 19.7 Å². The van der Waals surface area contributed by atoms with Gasteiger partial charge in [0.2, 0.25) is 0 Å². The average Bonchev–Trinajstić information content (AvgIpc) is 2.28. The van der Waals surface area contributed by atoms with Crippen molar-refractivity contribution in [1.29, 1.82) is 0 Å². The molecule has 0 aromatic heterocycles. The quantitative estimate of drug-likeness (QED) is 0.757. The third-order valence-corrected chi connectivity index (χ3v) is 2.24. The fourth-order valence-corrected chi connectivity index (χ4v) is 1.31. The molecule has 2 atom stereocenters. The van der Waals surface area contributed by atoms with Gasteiger partial charge in [0.25, 0.3) is 0 Å². The number of benzene rings is 1. The third kappa shape index (κ3) is 3.05. The van der Waals surface area contributed by atoms with Crippen molar-refractivity contribution in [3.05, 3.63) is 35.4 Å². The standard InChI is InChI=1S/C12H16O4/c1-3-16-12(15)11(14)10-6-4-9(5-7-10)8(2)13/h4-8,11,13-14H,3H2,1-2H3. The molecule has 0 spiro atoms. The van der Waals surface area contributed by atoms with Crippen molar-refractivity contribution in [1.82, 2.24) is 0 Å². The van der Waals surface area contributed by atoms with Gasteiger partial charge in [0, 0.05) is 0 Å².